The molecule has 1 aliphatic rings. The van der Waals surface area contributed by atoms with Crippen LogP contribution in [0, 0.1) is 5.41 Å². The summed E-state index contributed by atoms with van der Waals surface area (Å²) in [5.41, 5.74) is 6.21. The molecule has 6 heteroatoms. The first-order valence-electron chi connectivity index (χ1n) is 7.98. The fourth-order valence-electron chi connectivity index (χ4n) is 2.64. The number of nitrogens with one attached hydrogen (secondary N) is 2. The van der Waals surface area contributed by atoms with Crippen LogP contribution in [0.4, 0.5) is 0 Å². The van der Waals surface area contributed by atoms with Gasteiger partial charge < -0.3 is 21.1 Å². The van der Waals surface area contributed by atoms with Crippen molar-refractivity contribution < 1.29 is 14.3 Å². The number of hydrogen-bond donors (Lipinski definition) is 3. The van der Waals surface area contributed by atoms with E-state index >= 15 is 0 Å². The van der Waals surface area contributed by atoms with Crippen molar-refractivity contribution in [2.75, 3.05) is 19.8 Å². The number of nitrogens with two attached hydrogens (primary N) is 1. The molecule has 1 unspecified atom stereocenters. The van der Waals surface area contributed by atoms with Crippen LogP contribution in [0.2, 0.25) is 0 Å². The summed E-state index contributed by atoms with van der Waals surface area (Å²) in [6.45, 7) is 3.44. The van der Waals surface area contributed by atoms with Crippen molar-refractivity contribution in [3.63, 3.8) is 0 Å². The number of carbonyl (C=O) groups excluding carboxylic acids is 2. The Morgan fingerprint density at radius 3 is 2.52 bits per heavy atom. The van der Waals surface area contributed by atoms with Crippen molar-refractivity contribution in [1.29, 1.82) is 0 Å². The molecule has 1 fully saturated rings. The zero-order valence-electron chi connectivity index (χ0n) is 13.5. The molecule has 0 bridgehead atoms. The van der Waals surface area contributed by atoms with Crippen LogP contribution in [0.3, 0.4) is 0 Å². The third-order valence-electron chi connectivity index (χ3n) is 4.37. The molecule has 6 nitrogen and oxygen atoms in total. The molecular formula is C17H25N3O3. The van der Waals surface area contributed by atoms with E-state index in [1.807, 2.05) is 30.3 Å². The number of amides is 2. The average Bonchev–Trinajstić information content (AvgIpc) is 2.60. The Morgan fingerprint density at radius 1 is 1.26 bits per heavy atom. The lowest BCUT2D eigenvalue weighted by Crippen LogP contribution is -2.54. The third-order valence-corrected chi connectivity index (χ3v) is 4.37. The quantitative estimate of drug-likeness (QED) is 0.714. The van der Waals surface area contributed by atoms with Crippen molar-refractivity contribution in [1.82, 2.24) is 10.6 Å². The van der Waals surface area contributed by atoms with Crippen LogP contribution in [-0.2, 0) is 20.9 Å². The van der Waals surface area contributed by atoms with E-state index in [1.165, 1.54) is 0 Å². The lowest BCUT2D eigenvalue weighted by atomic mass is 9.79. The monoisotopic (exact) mass is 319 g/mol. The SMILES string of the molecule is CC(NC(=O)C1(CN)CCOCC1)C(=O)NCc1ccccc1. The van der Waals surface area contributed by atoms with Gasteiger partial charge in [0.25, 0.3) is 0 Å². The van der Waals surface area contributed by atoms with E-state index in [0.29, 0.717) is 32.6 Å². The van der Waals surface area contributed by atoms with Crippen molar-refractivity contribution in [3.8, 4) is 0 Å². The van der Waals surface area contributed by atoms with E-state index in [4.69, 9.17) is 10.5 Å². The summed E-state index contributed by atoms with van der Waals surface area (Å²) in [5, 5.41) is 5.62. The number of ether oxygens (including phenoxy) is 1. The topological polar surface area (TPSA) is 93.5 Å². The van der Waals surface area contributed by atoms with Gasteiger partial charge in [-0.05, 0) is 25.3 Å². The minimum Gasteiger partial charge on any atom is -0.381 e. The van der Waals surface area contributed by atoms with Crippen molar-refractivity contribution >= 4 is 11.8 Å². The molecule has 0 aliphatic carbocycles. The Balaban J connectivity index is 1.86. The molecule has 1 aromatic rings. The minimum atomic E-state index is -0.619. The highest BCUT2D eigenvalue weighted by Gasteiger charge is 2.39. The molecule has 0 aromatic heterocycles. The predicted octanol–water partition coefficient (Wildman–Crippen LogP) is 0.563. The summed E-state index contributed by atoms with van der Waals surface area (Å²) in [5.74, 6) is -0.368. The van der Waals surface area contributed by atoms with Gasteiger partial charge in [-0.1, -0.05) is 30.3 Å². The maximum absolute atomic E-state index is 12.5. The number of carbonyl (C=O) groups is 2. The van der Waals surface area contributed by atoms with Gasteiger partial charge in [0.05, 0.1) is 5.41 Å². The van der Waals surface area contributed by atoms with Crippen LogP contribution in [0.1, 0.15) is 25.3 Å². The van der Waals surface area contributed by atoms with Gasteiger partial charge in [0.1, 0.15) is 6.04 Å². The van der Waals surface area contributed by atoms with Crippen LogP contribution >= 0.6 is 0 Å². The Kier molecular flexibility index (Phi) is 6.12. The first-order valence-corrected chi connectivity index (χ1v) is 7.98. The highest BCUT2D eigenvalue weighted by Crippen LogP contribution is 2.29. The van der Waals surface area contributed by atoms with E-state index in [2.05, 4.69) is 10.6 Å². The van der Waals surface area contributed by atoms with Crippen molar-refractivity contribution in [3.05, 3.63) is 35.9 Å². The largest absolute Gasteiger partial charge is 0.381 e. The molecule has 126 valence electrons. The highest BCUT2D eigenvalue weighted by molar-refractivity contribution is 5.90. The second kappa shape index (κ2) is 8.08. The molecular weight excluding hydrogens is 294 g/mol. The summed E-state index contributed by atoms with van der Waals surface area (Å²) in [7, 11) is 0. The normalized spacial score (nSPS) is 18.0. The standard InChI is InChI=1S/C17H25N3O3/c1-13(15(21)19-11-14-5-3-2-4-6-14)20-16(22)17(12-18)7-9-23-10-8-17/h2-6,13H,7-12,18H2,1H3,(H,19,21)(H,20,22). The summed E-state index contributed by atoms with van der Waals surface area (Å²) in [4.78, 5) is 24.7. The first-order chi connectivity index (χ1) is 11.1. The van der Waals surface area contributed by atoms with Gasteiger partial charge in [-0.25, -0.2) is 0 Å². The maximum atomic E-state index is 12.5. The van der Waals surface area contributed by atoms with Gasteiger partial charge in [0.15, 0.2) is 0 Å². The Hall–Kier alpha value is -1.92. The highest BCUT2D eigenvalue weighted by atomic mass is 16.5. The predicted molar refractivity (Wildman–Crippen MR) is 87.4 cm³/mol. The zero-order chi connectivity index (χ0) is 16.7. The van der Waals surface area contributed by atoms with Gasteiger partial charge in [-0.2, -0.15) is 0 Å². The fourth-order valence-corrected chi connectivity index (χ4v) is 2.64. The number of hydrogen-bond acceptors (Lipinski definition) is 4. The van der Waals surface area contributed by atoms with Crippen LogP contribution in [0.15, 0.2) is 30.3 Å². The minimum absolute atomic E-state index is 0.161. The van der Waals surface area contributed by atoms with Gasteiger partial charge in [0, 0.05) is 26.3 Å². The number of rotatable bonds is 6. The third kappa shape index (κ3) is 4.53. The van der Waals surface area contributed by atoms with Gasteiger partial charge in [-0.3, -0.25) is 9.59 Å². The molecule has 2 amide bonds. The molecule has 0 spiro atoms. The first kappa shape index (κ1) is 17.4. The van der Waals surface area contributed by atoms with Gasteiger partial charge in [0.2, 0.25) is 11.8 Å². The molecule has 1 atom stereocenters. The molecule has 23 heavy (non-hydrogen) atoms. The zero-order valence-corrected chi connectivity index (χ0v) is 13.5. The Bertz CT molecular complexity index is 527. The van der Waals surface area contributed by atoms with E-state index in [-0.39, 0.29) is 18.4 Å². The lowest BCUT2D eigenvalue weighted by Gasteiger charge is -2.35. The van der Waals surface area contributed by atoms with Gasteiger partial charge >= 0.3 is 0 Å². The molecule has 2 rings (SSSR count). The lowest BCUT2D eigenvalue weighted by molar-refractivity contribution is -0.139. The molecule has 1 aliphatic heterocycles. The van der Waals surface area contributed by atoms with Crippen molar-refractivity contribution in [2.45, 2.75) is 32.4 Å². The summed E-state index contributed by atoms with van der Waals surface area (Å²) in [6.07, 6.45) is 1.18. The fraction of sp³-hybridized carbons (Fsp3) is 0.529. The summed E-state index contributed by atoms with van der Waals surface area (Å²) in [6, 6.07) is 9.04. The molecule has 0 radical (unpaired) electrons. The molecule has 1 aromatic carbocycles. The molecule has 1 saturated heterocycles. The van der Waals surface area contributed by atoms with Crippen LogP contribution in [0.5, 0.6) is 0 Å². The van der Waals surface area contributed by atoms with Crippen LogP contribution < -0.4 is 16.4 Å². The van der Waals surface area contributed by atoms with E-state index < -0.39 is 11.5 Å². The van der Waals surface area contributed by atoms with E-state index in [9.17, 15) is 9.59 Å². The molecule has 1 heterocycles. The smallest absolute Gasteiger partial charge is 0.242 e. The van der Waals surface area contributed by atoms with E-state index in [1.54, 1.807) is 6.92 Å². The second-order valence-corrected chi connectivity index (χ2v) is 6.00. The average molecular weight is 319 g/mol. The second-order valence-electron chi connectivity index (χ2n) is 6.00. The molecule has 4 N–H and O–H groups in total. The summed E-state index contributed by atoms with van der Waals surface area (Å²) >= 11 is 0. The van der Waals surface area contributed by atoms with Gasteiger partial charge in [-0.15, -0.1) is 0 Å². The van der Waals surface area contributed by atoms with Crippen LogP contribution in [-0.4, -0.2) is 37.6 Å². The summed E-state index contributed by atoms with van der Waals surface area (Å²) < 4.78 is 5.30. The number of benzene rings is 1. The Labute approximate surface area is 136 Å². The Morgan fingerprint density at radius 2 is 1.91 bits per heavy atom. The van der Waals surface area contributed by atoms with Crippen LogP contribution in [0.25, 0.3) is 0 Å². The van der Waals surface area contributed by atoms with E-state index in [0.717, 1.165) is 5.56 Å². The molecule has 0 saturated carbocycles. The van der Waals surface area contributed by atoms with Crippen molar-refractivity contribution in [2.24, 2.45) is 11.1 Å². The maximum Gasteiger partial charge on any atom is 0.242 e.